The molecule has 0 fully saturated rings. The van der Waals surface area contributed by atoms with Crippen molar-refractivity contribution < 1.29 is 25.8 Å². The molecule has 0 aliphatic rings. The molecule has 1 heteroatoms. The first kappa shape index (κ1) is 20.6. The van der Waals surface area contributed by atoms with Crippen molar-refractivity contribution in [2.45, 2.75) is 54.4 Å². The van der Waals surface area contributed by atoms with Gasteiger partial charge >= 0.3 is 0 Å². The largest absolute Gasteiger partial charge is 0.213 e. The minimum Gasteiger partial charge on any atom is -0.213 e. The van der Waals surface area contributed by atoms with Crippen molar-refractivity contribution in [1.29, 1.82) is 0 Å². The molecule has 0 spiro atoms. The molecule has 2 aromatic rings. The molecule has 0 bridgehead atoms. The maximum Gasteiger partial charge on any atom is 0 e. The van der Waals surface area contributed by atoms with Gasteiger partial charge in [-0.1, -0.05) is 66.2 Å². The molecule has 0 unspecified atom stereocenters. The molecule has 0 saturated carbocycles. The molecule has 0 aromatic heterocycles. The first-order valence-corrected chi connectivity index (χ1v) is 7.82. The summed E-state index contributed by atoms with van der Waals surface area (Å²) in [4.78, 5) is 0. The molecule has 0 saturated heterocycles. The zero-order valence-electron chi connectivity index (χ0n) is 14.5. The van der Waals surface area contributed by atoms with Crippen LogP contribution >= 0.6 is 0 Å². The van der Waals surface area contributed by atoms with Crippen LogP contribution in [0.15, 0.2) is 36.4 Å². The van der Waals surface area contributed by atoms with Gasteiger partial charge in [0.2, 0.25) is 0 Å². The molecule has 0 aliphatic heterocycles. The summed E-state index contributed by atoms with van der Waals surface area (Å²) in [5.41, 5.74) is 5.90. The first-order chi connectivity index (χ1) is 9.40. The summed E-state index contributed by atoms with van der Waals surface area (Å²) in [5, 5.41) is 0. The van der Waals surface area contributed by atoms with Crippen LogP contribution in [0.3, 0.4) is 0 Å². The molecule has 0 nitrogen and oxygen atoms in total. The van der Waals surface area contributed by atoms with Crippen LogP contribution in [0.5, 0.6) is 0 Å². The van der Waals surface area contributed by atoms with E-state index in [1.54, 1.807) is 0 Å². The summed E-state index contributed by atoms with van der Waals surface area (Å²) >= 11 is 0. The van der Waals surface area contributed by atoms with Crippen molar-refractivity contribution in [3.63, 3.8) is 0 Å². The zero-order valence-corrected chi connectivity index (χ0v) is 18.1. The van der Waals surface area contributed by atoms with E-state index in [0.717, 1.165) is 11.8 Å². The smallest absolute Gasteiger partial charge is 0 e. The van der Waals surface area contributed by atoms with Gasteiger partial charge < -0.3 is 0 Å². The molecule has 21 heavy (non-hydrogen) atoms. The normalized spacial score (nSPS) is 10.3. The summed E-state index contributed by atoms with van der Waals surface area (Å²) in [5.74, 6) is 1.56. The van der Waals surface area contributed by atoms with Crippen molar-refractivity contribution >= 4 is 0 Å². The second kappa shape index (κ2) is 10.3. The molecule has 0 atom stereocenters. The Labute approximate surface area is 150 Å². The Hall–Kier alpha value is -0.430. The minimum absolute atomic E-state index is 0. The van der Waals surface area contributed by atoms with E-state index in [1.165, 1.54) is 35.1 Å². The van der Waals surface area contributed by atoms with Crippen molar-refractivity contribution in [2.75, 3.05) is 0 Å². The third kappa shape index (κ3) is 7.95. The Morgan fingerprint density at radius 1 is 0.762 bits per heavy atom. The Balaban J connectivity index is 0.000000364. The predicted octanol–water partition coefficient (Wildman–Crippen LogP) is 5.82. The summed E-state index contributed by atoms with van der Waals surface area (Å²) < 4.78 is 0. The zero-order chi connectivity index (χ0) is 15.1. The molecule has 2 rings (SSSR count). The van der Waals surface area contributed by atoms with E-state index in [-0.39, 0.29) is 25.8 Å². The van der Waals surface area contributed by atoms with Gasteiger partial charge in [0.05, 0.1) is 0 Å². The summed E-state index contributed by atoms with van der Waals surface area (Å²) in [6.07, 6.45) is 2.44. The van der Waals surface area contributed by atoms with E-state index in [4.69, 9.17) is 0 Å². The van der Waals surface area contributed by atoms with Crippen LogP contribution in [0.1, 0.15) is 49.9 Å². The molecule has 0 aliphatic carbocycles. The van der Waals surface area contributed by atoms with Crippen LogP contribution in [0.4, 0.5) is 0 Å². The maximum atomic E-state index is 2.26. The quantitative estimate of drug-likeness (QED) is 0.408. The second-order valence-corrected chi connectivity index (χ2v) is 6.66. The average Bonchev–Trinajstić information content (AvgIpc) is 2.90. The Morgan fingerprint density at radius 3 is 1.29 bits per heavy atom. The van der Waals surface area contributed by atoms with Gasteiger partial charge in [-0.3, -0.25) is 0 Å². The monoisotopic (exact) mass is 450 g/mol. The van der Waals surface area contributed by atoms with Gasteiger partial charge in [0, 0.05) is 25.8 Å². The molecule has 0 amide bonds. The fourth-order valence-corrected chi connectivity index (χ4v) is 2.43. The van der Waals surface area contributed by atoms with Gasteiger partial charge in [0.25, 0.3) is 0 Å². The number of rotatable bonds is 4. The summed E-state index contributed by atoms with van der Waals surface area (Å²) in [6.45, 7) is 13.4. The van der Waals surface area contributed by atoms with Gasteiger partial charge in [-0.15, -0.1) is 0 Å². The van der Waals surface area contributed by atoms with Crippen LogP contribution in [-0.2, 0) is 38.7 Å². The van der Waals surface area contributed by atoms with Crippen LogP contribution < -0.4 is 0 Å². The van der Waals surface area contributed by atoms with Crippen molar-refractivity contribution in [3.05, 3.63) is 58.7 Å². The fraction of sp³-hybridized carbons (Fsp3) is 0.500. The Kier molecular flexibility index (Phi) is 10.1. The van der Waals surface area contributed by atoms with E-state index in [0.29, 0.717) is 0 Å². The molecular weight excluding hydrogens is 419 g/mol. The maximum absolute atomic E-state index is 2.26. The Morgan fingerprint density at radius 2 is 1.10 bits per heavy atom. The molecule has 0 heterocycles. The van der Waals surface area contributed by atoms with E-state index in [1.807, 2.05) is 0 Å². The third-order valence-corrected chi connectivity index (χ3v) is 3.56. The third-order valence-electron chi connectivity index (χ3n) is 3.56. The minimum atomic E-state index is 0. The number of hydrogen-bond donors (Lipinski definition) is 0. The van der Waals surface area contributed by atoms with Gasteiger partial charge in [0.15, 0.2) is 0 Å². The van der Waals surface area contributed by atoms with E-state index in [2.05, 4.69) is 77.9 Å². The predicted molar refractivity (Wildman–Crippen MR) is 90.6 cm³/mol. The number of hydrogen-bond acceptors (Lipinski definition) is 0. The van der Waals surface area contributed by atoms with Crippen LogP contribution in [-0.4, -0.2) is 0 Å². The van der Waals surface area contributed by atoms with E-state index < -0.39 is 0 Å². The van der Waals surface area contributed by atoms with Crippen molar-refractivity contribution in [1.82, 2.24) is 0 Å². The van der Waals surface area contributed by atoms with Crippen LogP contribution in [0, 0.1) is 25.7 Å². The van der Waals surface area contributed by atoms with Crippen molar-refractivity contribution in [2.24, 2.45) is 11.8 Å². The molecule has 2 aromatic carbocycles. The molecule has 116 valence electrons. The SMILES string of the molecule is Cc1ccc[c-]1CC(C)C.Cc1ccc[c-]1CC(C)C.[Hf]. The summed E-state index contributed by atoms with van der Waals surface area (Å²) in [7, 11) is 0. The molecule has 0 N–H and O–H groups in total. The topological polar surface area (TPSA) is 0 Å². The van der Waals surface area contributed by atoms with E-state index >= 15 is 0 Å². The standard InChI is InChI=1S/2C10H15.Hf/c2*1-8(2)7-10-6-4-5-9(10)3;/h2*4-6,8H,7H2,1-3H3;/q2*-1;. The van der Waals surface area contributed by atoms with Gasteiger partial charge in [0.1, 0.15) is 0 Å². The second-order valence-electron chi connectivity index (χ2n) is 6.66. The Bertz CT molecular complexity index is 439. The van der Waals surface area contributed by atoms with Crippen LogP contribution in [0.25, 0.3) is 0 Å². The molecule has 0 radical (unpaired) electrons. The fourth-order valence-electron chi connectivity index (χ4n) is 2.43. The number of aryl methyl sites for hydroxylation is 2. The van der Waals surface area contributed by atoms with E-state index in [9.17, 15) is 0 Å². The van der Waals surface area contributed by atoms with Gasteiger partial charge in [-0.05, 0) is 0 Å². The summed E-state index contributed by atoms with van der Waals surface area (Å²) in [6, 6.07) is 13.1. The first-order valence-electron chi connectivity index (χ1n) is 7.82. The van der Waals surface area contributed by atoms with Crippen molar-refractivity contribution in [3.8, 4) is 0 Å². The van der Waals surface area contributed by atoms with Crippen LogP contribution in [0.2, 0.25) is 0 Å². The van der Waals surface area contributed by atoms with Gasteiger partial charge in [-0.25, -0.2) is 24.3 Å². The molecular formula is C20H30Hf-2. The van der Waals surface area contributed by atoms with Gasteiger partial charge in [-0.2, -0.15) is 34.4 Å². The average molecular weight is 449 g/mol.